The lowest BCUT2D eigenvalue weighted by molar-refractivity contribution is -0.144. The van der Waals surface area contributed by atoms with E-state index in [1.54, 1.807) is 27.7 Å². The average molecular weight is 279 g/mol. The van der Waals surface area contributed by atoms with Crippen LogP contribution in [0, 0.1) is 25.7 Å². The Morgan fingerprint density at radius 2 is 1.95 bits per heavy atom. The van der Waals surface area contributed by atoms with Crippen LogP contribution in [0.5, 0.6) is 0 Å². The highest BCUT2D eigenvalue weighted by Crippen LogP contribution is 2.22. The number of barbiturate groups is 1. The predicted molar refractivity (Wildman–Crippen MR) is 68.4 cm³/mol. The number of carbonyl (C=O) groups is 3. The van der Waals surface area contributed by atoms with E-state index >= 15 is 0 Å². The van der Waals surface area contributed by atoms with E-state index in [-0.39, 0.29) is 12.5 Å². The van der Waals surface area contributed by atoms with Crippen molar-refractivity contribution >= 4 is 17.8 Å². The summed E-state index contributed by atoms with van der Waals surface area (Å²) in [6.45, 7) is 7.05. The molecule has 0 bridgehead atoms. The van der Waals surface area contributed by atoms with Gasteiger partial charge in [-0.2, -0.15) is 0 Å². The molecule has 0 saturated carbocycles. The molecule has 1 aliphatic rings. The standard InChI is InChI=1S/C13H17N3O4/c1-6(2)10-11(17)14-13(19)16(12(10)18)5-9-7(3)15-20-8(9)4/h6,10H,5H2,1-4H3,(H,14,17,19). The molecule has 1 saturated heterocycles. The second-order valence-corrected chi connectivity index (χ2v) is 5.24. The van der Waals surface area contributed by atoms with Gasteiger partial charge in [-0.25, -0.2) is 4.79 Å². The van der Waals surface area contributed by atoms with Gasteiger partial charge in [-0.1, -0.05) is 19.0 Å². The molecule has 1 unspecified atom stereocenters. The van der Waals surface area contributed by atoms with Gasteiger partial charge in [-0.15, -0.1) is 0 Å². The maximum absolute atomic E-state index is 12.3. The number of hydrogen-bond acceptors (Lipinski definition) is 5. The number of urea groups is 1. The number of carbonyl (C=O) groups excluding carboxylic acids is 3. The molecular weight excluding hydrogens is 262 g/mol. The number of amides is 4. The molecule has 1 N–H and O–H groups in total. The Morgan fingerprint density at radius 1 is 1.30 bits per heavy atom. The zero-order valence-electron chi connectivity index (χ0n) is 11.9. The van der Waals surface area contributed by atoms with Crippen LogP contribution >= 0.6 is 0 Å². The van der Waals surface area contributed by atoms with E-state index in [4.69, 9.17) is 4.52 Å². The third-order valence-electron chi connectivity index (χ3n) is 3.45. The number of nitrogens with zero attached hydrogens (tertiary/aromatic N) is 2. The Bertz CT molecular complexity index is 557. The minimum absolute atomic E-state index is 0.0579. The Kier molecular flexibility index (Phi) is 3.61. The molecule has 0 spiro atoms. The van der Waals surface area contributed by atoms with E-state index in [2.05, 4.69) is 10.5 Å². The van der Waals surface area contributed by atoms with Gasteiger partial charge in [0.25, 0.3) is 0 Å². The van der Waals surface area contributed by atoms with Crippen molar-refractivity contribution in [1.29, 1.82) is 0 Å². The summed E-state index contributed by atoms with van der Waals surface area (Å²) in [6, 6.07) is -0.697. The molecule has 1 aromatic heterocycles. The normalized spacial score (nSPS) is 19.8. The summed E-state index contributed by atoms with van der Waals surface area (Å²) in [5, 5.41) is 6.01. The van der Waals surface area contributed by atoms with Crippen LogP contribution in [-0.2, 0) is 16.1 Å². The number of rotatable bonds is 3. The molecule has 108 valence electrons. The van der Waals surface area contributed by atoms with Gasteiger partial charge in [0.05, 0.1) is 12.2 Å². The van der Waals surface area contributed by atoms with Gasteiger partial charge in [-0.05, 0) is 19.8 Å². The van der Waals surface area contributed by atoms with E-state index in [9.17, 15) is 14.4 Å². The van der Waals surface area contributed by atoms with Crippen LogP contribution in [0.15, 0.2) is 4.52 Å². The minimum atomic E-state index is -0.840. The van der Waals surface area contributed by atoms with E-state index in [1.807, 2.05) is 0 Å². The maximum Gasteiger partial charge on any atom is 0.331 e. The highest BCUT2D eigenvalue weighted by Gasteiger charge is 2.42. The van der Waals surface area contributed by atoms with Crippen molar-refractivity contribution in [3.8, 4) is 0 Å². The second-order valence-electron chi connectivity index (χ2n) is 5.24. The zero-order valence-corrected chi connectivity index (χ0v) is 11.9. The first-order chi connectivity index (χ1) is 9.32. The summed E-state index contributed by atoms with van der Waals surface area (Å²) >= 11 is 0. The minimum Gasteiger partial charge on any atom is -0.361 e. The molecule has 1 aromatic rings. The largest absolute Gasteiger partial charge is 0.361 e. The lowest BCUT2D eigenvalue weighted by Gasteiger charge is -2.31. The molecule has 1 aliphatic heterocycles. The van der Waals surface area contributed by atoms with E-state index in [0.29, 0.717) is 17.0 Å². The number of nitrogens with one attached hydrogen (secondary N) is 1. The first-order valence-electron chi connectivity index (χ1n) is 6.41. The van der Waals surface area contributed by atoms with Gasteiger partial charge in [0.15, 0.2) is 0 Å². The van der Waals surface area contributed by atoms with Crippen molar-refractivity contribution in [2.75, 3.05) is 0 Å². The average Bonchev–Trinajstić information content (AvgIpc) is 2.64. The van der Waals surface area contributed by atoms with E-state index < -0.39 is 23.8 Å². The monoisotopic (exact) mass is 279 g/mol. The number of aryl methyl sites for hydroxylation is 2. The van der Waals surface area contributed by atoms with Gasteiger partial charge in [0.2, 0.25) is 11.8 Å². The van der Waals surface area contributed by atoms with Gasteiger partial charge < -0.3 is 4.52 Å². The van der Waals surface area contributed by atoms with Crippen molar-refractivity contribution < 1.29 is 18.9 Å². The molecule has 2 rings (SSSR count). The molecular formula is C13H17N3O4. The van der Waals surface area contributed by atoms with Gasteiger partial charge in [0, 0.05) is 5.56 Å². The summed E-state index contributed by atoms with van der Waals surface area (Å²) < 4.78 is 5.02. The van der Waals surface area contributed by atoms with Crippen molar-refractivity contribution in [3.63, 3.8) is 0 Å². The Balaban J connectivity index is 2.29. The molecule has 0 aromatic carbocycles. The van der Waals surface area contributed by atoms with Crippen molar-refractivity contribution in [2.45, 2.75) is 34.2 Å². The van der Waals surface area contributed by atoms with Crippen molar-refractivity contribution in [2.24, 2.45) is 11.8 Å². The van der Waals surface area contributed by atoms with Crippen LogP contribution in [0.1, 0.15) is 30.9 Å². The SMILES string of the molecule is Cc1noc(C)c1CN1C(=O)NC(=O)C(C(C)C)C1=O. The third-order valence-corrected chi connectivity index (χ3v) is 3.45. The molecule has 7 nitrogen and oxygen atoms in total. The van der Waals surface area contributed by atoms with Crippen LogP contribution in [0.4, 0.5) is 4.79 Å². The molecule has 0 aliphatic carbocycles. The molecule has 0 radical (unpaired) electrons. The molecule has 1 atom stereocenters. The summed E-state index contributed by atoms with van der Waals surface area (Å²) in [5.74, 6) is -1.48. The maximum atomic E-state index is 12.3. The Morgan fingerprint density at radius 3 is 2.45 bits per heavy atom. The predicted octanol–water partition coefficient (Wildman–Crippen LogP) is 1.14. The smallest absolute Gasteiger partial charge is 0.331 e. The molecule has 7 heteroatoms. The lowest BCUT2D eigenvalue weighted by atomic mass is 9.92. The molecule has 20 heavy (non-hydrogen) atoms. The Hall–Kier alpha value is -2.18. The van der Waals surface area contributed by atoms with E-state index in [0.717, 1.165) is 4.90 Å². The van der Waals surface area contributed by atoms with Crippen LogP contribution in [-0.4, -0.2) is 27.9 Å². The zero-order chi connectivity index (χ0) is 15.0. The number of imide groups is 2. The highest BCUT2D eigenvalue weighted by molar-refractivity contribution is 6.16. The number of aromatic nitrogens is 1. The fourth-order valence-corrected chi connectivity index (χ4v) is 2.25. The van der Waals surface area contributed by atoms with Gasteiger partial charge in [-0.3, -0.25) is 19.8 Å². The highest BCUT2D eigenvalue weighted by atomic mass is 16.5. The topological polar surface area (TPSA) is 92.5 Å². The lowest BCUT2D eigenvalue weighted by Crippen LogP contribution is -2.58. The molecule has 2 heterocycles. The number of hydrogen-bond donors (Lipinski definition) is 1. The van der Waals surface area contributed by atoms with Crippen molar-refractivity contribution in [3.05, 3.63) is 17.0 Å². The van der Waals surface area contributed by atoms with E-state index in [1.165, 1.54) is 0 Å². The summed E-state index contributed by atoms with van der Waals surface area (Å²) in [7, 11) is 0. The van der Waals surface area contributed by atoms with Gasteiger partial charge in [0.1, 0.15) is 11.7 Å². The van der Waals surface area contributed by atoms with Crippen LogP contribution in [0.25, 0.3) is 0 Å². The second kappa shape index (κ2) is 5.07. The quantitative estimate of drug-likeness (QED) is 0.838. The Labute approximate surface area is 116 Å². The first kappa shape index (κ1) is 14.2. The van der Waals surface area contributed by atoms with Crippen LogP contribution < -0.4 is 5.32 Å². The van der Waals surface area contributed by atoms with Crippen molar-refractivity contribution in [1.82, 2.24) is 15.4 Å². The fourth-order valence-electron chi connectivity index (χ4n) is 2.25. The molecule has 4 amide bonds. The molecule has 1 fully saturated rings. The third kappa shape index (κ3) is 2.31. The summed E-state index contributed by atoms with van der Waals surface area (Å²) in [6.07, 6.45) is 0. The van der Waals surface area contributed by atoms with Crippen LogP contribution in [0.2, 0.25) is 0 Å². The summed E-state index contributed by atoms with van der Waals surface area (Å²) in [4.78, 5) is 37.0. The summed E-state index contributed by atoms with van der Waals surface area (Å²) in [5.41, 5.74) is 1.31. The van der Waals surface area contributed by atoms with Crippen LogP contribution in [0.3, 0.4) is 0 Å². The first-order valence-corrected chi connectivity index (χ1v) is 6.41. The van der Waals surface area contributed by atoms with Gasteiger partial charge >= 0.3 is 6.03 Å². The fraction of sp³-hybridized carbons (Fsp3) is 0.538.